The molecular formula is C10H15N3O2. The van der Waals surface area contributed by atoms with E-state index in [0.717, 1.165) is 24.9 Å². The molecule has 0 aliphatic carbocycles. The first-order valence-corrected chi connectivity index (χ1v) is 5.17. The quantitative estimate of drug-likeness (QED) is 0.788. The fourth-order valence-electron chi connectivity index (χ4n) is 1.66. The van der Waals surface area contributed by atoms with Gasteiger partial charge in [-0.2, -0.15) is 5.10 Å². The molecule has 82 valence electrons. The first-order chi connectivity index (χ1) is 7.25. The van der Waals surface area contributed by atoms with Gasteiger partial charge in [-0.3, -0.25) is 9.48 Å². The molecule has 0 spiro atoms. The lowest BCUT2D eigenvalue weighted by molar-refractivity contribution is -0.129. The molecule has 0 saturated carbocycles. The van der Waals surface area contributed by atoms with Gasteiger partial charge in [-0.25, -0.2) is 0 Å². The van der Waals surface area contributed by atoms with Gasteiger partial charge in [0.15, 0.2) is 0 Å². The Balaban J connectivity index is 1.91. The molecule has 0 unspecified atom stereocenters. The summed E-state index contributed by atoms with van der Waals surface area (Å²) < 4.78 is 7.03. The van der Waals surface area contributed by atoms with Crippen LogP contribution in [0.1, 0.15) is 19.3 Å². The smallest absolute Gasteiger partial charge is 0.253 e. The number of carbonyl (C=O) groups excluding carboxylic acids is 1. The summed E-state index contributed by atoms with van der Waals surface area (Å²) in [7, 11) is 1.81. The Labute approximate surface area is 88.4 Å². The zero-order valence-corrected chi connectivity index (χ0v) is 8.77. The van der Waals surface area contributed by atoms with Gasteiger partial charge in [0.25, 0.3) is 5.91 Å². The molecule has 0 radical (unpaired) electrons. The highest BCUT2D eigenvalue weighted by atomic mass is 16.5. The SMILES string of the molecule is Cn1cc(NC(=O)[C@H]2CCCCO2)cn1. The van der Waals surface area contributed by atoms with E-state index in [4.69, 9.17) is 4.74 Å². The normalized spacial score (nSPS) is 21.3. The Morgan fingerprint density at radius 1 is 1.67 bits per heavy atom. The highest BCUT2D eigenvalue weighted by Gasteiger charge is 2.21. The molecule has 2 rings (SSSR count). The van der Waals surface area contributed by atoms with Gasteiger partial charge in [0.2, 0.25) is 0 Å². The van der Waals surface area contributed by atoms with Crippen LogP contribution in [-0.4, -0.2) is 28.4 Å². The van der Waals surface area contributed by atoms with E-state index < -0.39 is 0 Å². The number of hydrogen-bond acceptors (Lipinski definition) is 3. The van der Waals surface area contributed by atoms with Crippen molar-refractivity contribution in [3.05, 3.63) is 12.4 Å². The molecule has 2 heterocycles. The van der Waals surface area contributed by atoms with Crippen molar-refractivity contribution in [2.45, 2.75) is 25.4 Å². The van der Waals surface area contributed by atoms with Crippen molar-refractivity contribution in [1.82, 2.24) is 9.78 Å². The second kappa shape index (κ2) is 4.44. The highest BCUT2D eigenvalue weighted by Crippen LogP contribution is 2.14. The van der Waals surface area contributed by atoms with Crippen LogP contribution in [0, 0.1) is 0 Å². The number of rotatable bonds is 2. The van der Waals surface area contributed by atoms with Crippen molar-refractivity contribution in [1.29, 1.82) is 0 Å². The predicted octanol–water partition coefficient (Wildman–Crippen LogP) is 0.928. The molecule has 0 aromatic carbocycles. The lowest BCUT2D eigenvalue weighted by atomic mass is 10.1. The lowest BCUT2D eigenvalue weighted by Gasteiger charge is -2.21. The Morgan fingerprint density at radius 2 is 2.53 bits per heavy atom. The maximum atomic E-state index is 11.7. The average molecular weight is 209 g/mol. The van der Waals surface area contributed by atoms with Crippen LogP contribution >= 0.6 is 0 Å². The number of aromatic nitrogens is 2. The topological polar surface area (TPSA) is 56.2 Å². The van der Waals surface area contributed by atoms with Crippen LogP contribution < -0.4 is 5.32 Å². The highest BCUT2D eigenvalue weighted by molar-refractivity contribution is 5.93. The standard InChI is InChI=1S/C10H15N3O2/c1-13-7-8(6-11-13)12-10(14)9-4-2-3-5-15-9/h6-7,9H,2-5H2,1H3,(H,12,14)/t9-/m1/s1. The fraction of sp³-hybridized carbons (Fsp3) is 0.600. The van der Waals surface area contributed by atoms with Gasteiger partial charge in [-0.15, -0.1) is 0 Å². The van der Waals surface area contributed by atoms with E-state index in [2.05, 4.69) is 10.4 Å². The molecule has 1 fully saturated rings. The Bertz CT molecular complexity index is 342. The Hall–Kier alpha value is -1.36. The zero-order chi connectivity index (χ0) is 10.7. The molecule has 1 aliphatic heterocycles. The van der Waals surface area contributed by atoms with Gasteiger partial charge in [0.1, 0.15) is 6.10 Å². The Kier molecular flexibility index (Phi) is 3.01. The molecule has 5 heteroatoms. The van der Waals surface area contributed by atoms with Crippen LogP contribution in [0.5, 0.6) is 0 Å². The minimum absolute atomic E-state index is 0.0669. The summed E-state index contributed by atoms with van der Waals surface area (Å²) in [4.78, 5) is 11.7. The van der Waals surface area contributed by atoms with E-state index in [1.807, 2.05) is 7.05 Å². The molecule has 5 nitrogen and oxygen atoms in total. The van der Waals surface area contributed by atoms with Crippen molar-refractivity contribution < 1.29 is 9.53 Å². The third kappa shape index (κ3) is 2.56. The lowest BCUT2D eigenvalue weighted by Crippen LogP contribution is -2.33. The van der Waals surface area contributed by atoms with Gasteiger partial charge in [0, 0.05) is 19.9 Å². The zero-order valence-electron chi connectivity index (χ0n) is 8.77. The van der Waals surface area contributed by atoms with Crippen LogP contribution in [0.4, 0.5) is 5.69 Å². The molecule has 1 saturated heterocycles. The molecule has 1 aliphatic rings. The van der Waals surface area contributed by atoms with E-state index in [0.29, 0.717) is 6.61 Å². The molecule has 1 aromatic heterocycles. The van der Waals surface area contributed by atoms with Crippen molar-refractivity contribution >= 4 is 11.6 Å². The van der Waals surface area contributed by atoms with Crippen LogP contribution in [0.3, 0.4) is 0 Å². The summed E-state index contributed by atoms with van der Waals surface area (Å²) in [5.41, 5.74) is 0.719. The summed E-state index contributed by atoms with van der Waals surface area (Å²) in [5, 5.41) is 6.76. The molecule has 1 N–H and O–H groups in total. The minimum atomic E-state index is -0.293. The van der Waals surface area contributed by atoms with Gasteiger partial charge in [0.05, 0.1) is 11.9 Å². The summed E-state index contributed by atoms with van der Waals surface area (Å²) >= 11 is 0. The second-order valence-corrected chi connectivity index (χ2v) is 3.75. The van der Waals surface area contributed by atoms with E-state index in [9.17, 15) is 4.79 Å². The maximum Gasteiger partial charge on any atom is 0.253 e. The first-order valence-electron chi connectivity index (χ1n) is 5.17. The van der Waals surface area contributed by atoms with Gasteiger partial charge >= 0.3 is 0 Å². The largest absolute Gasteiger partial charge is 0.368 e. The molecule has 1 aromatic rings. The average Bonchev–Trinajstić information content (AvgIpc) is 2.65. The van der Waals surface area contributed by atoms with Crippen LogP contribution in [0.25, 0.3) is 0 Å². The maximum absolute atomic E-state index is 11.7. The van der Waals surface area contributed by atoms with Crippen molar-refractivity contribution in [2.24, 2.45) is 7.05 Å². The summed E-state index contributed by atoms with van der Waals surface area (Å²) in [6.07, 6.45) is 6.02. The van der Waals surface area contributed by atoms with E-state index in [1.165, 1.54) is 0 Å². The number of nitrogens with zero attached hydrogens (tertiary/aromatic N) is 2. The number of hydrogen-bond donors (Lipinski definition) is 1. The third-order valence-electron chi connectivity index (χ3n) is 2.44. The molecule has 0 bridgehead atoms. The van der Waals surface area contributed by atoms with Crippen LogP contribution in [0.15, 0.2) is 12.4 Å². The summed E-state index contributed by atoms with van der Waals surface area (Å²) in [5.74, 6) is -0.0669. The van der Waals surface area contributed by atoms with E-state index in [1.54, 1.807) is 17.1 Å². The first kappa shape index (κ1) is 10.2. The third-order valence-corrected chi connectivity index (χ3v) is 2.44. The molecule has 1 amide bonds. The van der Waals surface area contributed by atoms with E-state index in [-0.39, 0.29) is 12.0 Å². The molecule has 15 heavy (non-hydrogen) atoms. The Morgan fingerprint density at radius 3 is 3.13 bits per heavy atom. The number of nitrogens with one attached hydrogen (secondary N) is 1. The van der Waals surface area contributed by atoms with Crippen LogP contribution in [0.2, 0.25) is 0 Å². The number of ether oxygens (including phenoxy) is 1. The van der Waals surface area contributed by atoms with Gasteiger partial charge < -0.3 is 10.1 Å². The monoisotopic (exact) mass is 209 g/mol. The number of anilines is 1. The van der Waals surface area contributed by atoms with Crippen molar-refractivity contribution in [3.8, 4) is 0 Å². The van der Waals surface area contributed by atoms with Crippen molar-refractivity contribution in [2.75, 3.05) is 11.9 Å². The fourth-order valence-corrected chi connectivity index (χ4v) is 1.66. The van der Waals surface area contributed by atoms with E-state index >= 15 is 0 Å². The molecule has 1 atom stereocenters. The van der Waals surface area contributed by atoms with Crippen molar-refractivity contribution in [3.63, 3.8) is 0 Å². The van der Waals surface area contributed by atoms with Gasteiger partial charge in [-0.05, 0) is 19.3 Å². The molecular weight excluding hydrogens is 194 g/mol. The number of aryl methyl sites for hydroxylation is 1. The summed E-state index contributed by atoms with van der Waals surface area (Å²) in [6.45, 7) is 0.686. The summed E-state index contributed by atoms with van der Waals surface area (Å²) in [6, 6.07) is 0. The second-order valence-electron chi connectivity index (χ2n) is 3.75. The number of amides is 1. The van der Waals surface area contributed by atoms with Crippen LogP contribution in [-0.2, 0) is 16.6 Å². The van der Waals surface area contributed by atoms with Gasteiger partial charge in [-0.1, -0.05) is 0 Å². The number of carbonyl (C=O) groups is 1. The predicted molar refractivity (Wildman–Crippen MR) is 55.4 cm³/mol. The minimum Gasteiger partial charge on any atom is -0.368 e.